The first-order valence-corrected chi connectivity index (χ1v) is 17.4. The van der Waals surface area contributed by atoms with Crippen molar-refractivity contribution >= 4 is 27.2 Å². The smallest absolute Gasteiger partial charge is 0.494 e. The molecule has 0 aromatic heterocycles. The molecule has 0 saturated heterocycles. The molecule has 0 atom stereocenters. The quantitative estimate of drug-likeness (QED) is 0.201. The number of nitriles is 2. The topological polar surface area (TPSA) is 75.8 Å². The van der Waals surface area contributed by atoms with Gasteiger partial charge in [0.05, 0.1) is 37.0 Å². The number of aryl methyl sites for hydroxylation is 4. The van der Waals surface area contributed by atoms with Crippen molar-refractivity contribution in [1.82, 2.24) is 0 Å². The van der Waals surface area contributed by atoms with Crippen LogP contribution in [0.25, 0.3) is 10.6 Å². The maximum atomic E-state index is 8.35. The van der Waals surface area contributed by atoms with Gasteiger partial charge in [-0.2, -0.15) is 0 Å². The Morgan fingerprint density at radius 1 is 0.541 bits per heavy atom. The first kappa shape index (κ1) is 40.1. The van der Waals surface area contributed by atoms with Gasteiger partial charge < -0.3 is 21.2 Å². The molecule has 0 radical (unpaired) electrons. The van der Waals surface area contributed by atoms with Crippen LogP contribution in [0.15, 0.2) is 36.4 Å². The first-order valence-electron chi connectivity index (χ1n) is 13.2. The Hall–Kier alpha value is -1.43. The predicted octanol–water partition coefficient (Wildman–Crippen LogP) is 10.1. The molecule has 0 aliphatic heterocycles. The van der Waals surface area contributed by atoms with Crippen molar-refractivity contribution in [3.05, 3.63) is 69.3 Å². The van der Waals surface area contributed by atoms with E-state index in [4.69, 9.17) is 10.5 Å². The van der Waals surface area contributed by atoms with Crippen LogP contribution < -0.4 is 0 Å². The first-order chi connectivity index (χ1) is 17.2. The average Bonchev–Trinajstić information content (AvgIpc) is 2.87. The monoisotopic (exact) mass is 723 g/mol. The van der Waals surface area contributed by atoms with Crippen LogP contribution in [0.1, 0.15) is 63.8 Å². The van der Waals surface area contributed by atoms with Gasteiger partial charge in [0.2, 0.25) is 0 Å². The third-order valence-electron chi connectivity index (χ3n) is 6.20. The molecule has 2 aromatic rings. The zero-order chi connectivity index (χ0) is 27.9. The normalized spacial score (nSPS) is 9.14. The number of hydrogen-bond acceptors (Lipinski definition) is 2. The van der Waals surface area contributed by atoms with Crippen molar-refractivity contribution in [3.63, 3.8) is 0 Å². The van der Waals surface area contributed by atoms with Crippen molar-refractivity contribution < 1.29 is 21.1 Å². The molecule has 0 heterocycles. The molecule has 4 nitrogen and oxygen atoms in total. The summed E-state index contributed by atoms with van der Waals surface area (Å²) in [6, 6.07) is 11.7. The van der Waals surface area contributed by atoms with Gasteiger partial charge in [0.15, 0.2) is 0 Å². The van der Waals surface area contributed by atoms with E-state index in [9.17, 15) is 0 Å². The summed E-state index contributed by atoms with van der Waals surface area (Å²) in [7, 11) is 0.275. The van der Waals surface area contributed by atoms with Crippen molar-refractivity contribution in [2.75, 3.05) is 37.0 Å². The second-order valence-electron chi connectivity index (χ2n) is 8.53. The van der Waals surface area contributed by atoms with Gasteiger partial charge >= 0.3 is 21.1 Å². The van der Waals surface area contributed by atoms with Crippen LogP contribution in [-0.4, -0.2) is 37.0 Å². The van der Waals surface area contributed by atoms with Crippen LogP contribution in [0.4, 0.5) is 11.4 Å². The van der Waals surface area contributed by atoms with Crippen LogP contribution in [0.5, 0.6) is 0 Å². The van der Waals surface area contributed by atoms with E-state index in [1.54, 1.807) is 12.4 Å². The van der Waals surface area contributed by atoms with Gasteiger partial charge in [-0.05, 0) is 119 Å². The summed E-state index contributed by atoms with van der Waals surface area (Å²) < 4.78 is 0. The number of nitrogens with zero attached hydrogens (tertiary/aromatic N) is 4. The summed E-state index contributed by atoms with van der Waals surface area (Å²) in [4.78, 5) is 0. The van der Waals surface area contributed by atoms with Crippen molar-refractivity contribution in [2.45, 2.75) is 69.2 Å². The molecule has 0 amide bonds. The van der Waals surface area contributed by atoms with Crippen LogP contribution in [-0.2, 0) is 21.1 Å². The van der Waals surface area contributed by atoms with Gasteiger partial charge in [0.1, 0.15) is 0 Å². The van der Waals surface area contributed by atoms with Gasteiger partial charge in [-0.1, -0.05) is 48.8 Å². The molecule has 0 aliphatic rings. The van der Waals surface area contributed by atoms with Crippen molar-refractivity contribution in [2.24, 2.45) is 0 Å². The van der Waals surface area contributed by atoms with E-state index >= 15 is 0 Å². The fraction of sp³-hybridized carbons (Fsp3) is 0.533. The van der Waals surface area contributed by atoms with E-state index < -0.39 is 0 Å². The molecule has 0 unspecified atom stereocenters. The molecule has 0 bridgehead atoms. The van der Waals surface area contributed by atoms with Crippen LogP contribution in [0.3, 0.4) is 0 Å². The van der Waals surface area contributed by atoms with E-state index in [2.05, 4.69) is 52.2 Å². The molecule has 0 spiro atoms. The molecule has 208 valence electrons. The van der Waals surface area contributed by atoms with E-state index in [1.165, 1.54) is 37.0 Å². The molecule has 37 heavy (non-hydrogen) atoms. The molecule has 0 fully saturated rings. The molecule has 2 rings (SSSR count). The van der Waals surface area contributed by atoms with Gasteiger partial charge in [-0.3, -0.25) is 0 Å². The Labute approximate surface area is 245 Å². The number of hydrogen-bond donors (Lipinski definition) is 0. The van der Waals surface area contributed by atoms with Gasteiger partial charge in [0, 0.05) is 0 Å². The van der Waals surface area contributed by atoms with Crippen LogP contribution in [0.2, 0.25) is 0 Å². The predicted molar refractivity (Wildman–Crippen MR) is 169 cm³/mol. The number of rotatable bonds is 8. The maximum Gasteiger partial charge on any atom is 2.00 e. The Morgan fingerprint density at radius 3 is 0.892 bits per heavy atom. The molecular weight excluding hydrogens is 673 g/mol. The minimum absolute atomic E-state index is 0. The molecular formula is C30H50N4P2Pt+2. The zero-order valence-electron chi connectivity index (χ0n) is 24.8. The summed E-state index contributed by atoms with van der Waals surface area (Å²) in [5.41, 5.74) is 5.79. The van der Waals surface area contributed by atoms with Crippen LogP contribution in [0, 0.1) is 50.6 Å². The van der Waals surface area contributed by atoms with Gasteiger partial charge in [0.25, 0.3) is 0 Å². The molecule has 0 N–H and O–H groups in total. The summed E-state index contributed by atoms with van der Waals surface area (Å²) in [6.07, 6.45) is 12.3. The van der Waals surface area contributed by atoms with Crippen LogP contribution >= 0.6 is 15.8 Å². The van der Waals surface area contributed by atoms with Crippen molar-refractivity contribution in [3.8, 4) is 12.4 Å². The number of para-hydroxylation sites is 2. The SMILES string of the molecule is CC[PH+](CC)CC.CC[PH+](CC)CC.Cc1cccc(C)c1[N-]C#N.Cc1cccc(C)c1[N-]C#N.[Pt+2]. The largest absolute Gasteiger partial charge is 2.00 e. The van der Waals surface area contributed by atoms with E-state index in [-0.39, 0.29) is 36.9 Å². The minimum atomic E-state index is 0. The molecule has 2 aromatic carbocycles. The van der Waals surface area contributed by atoms with Gasteiger partial charge in [-0.25, -0.2) is 0 Å². The fourth-order valence-corrected chi connectivity index (χ4v) is 6.56. The Balaban J connectivity index is -0.000000424. The summed E-state index contributed by atoms with van der Waals surface area (Å²) in [6.45, 7) is 21.6. The van der Waals surface area contributed by atoms with Crippen molar-refractivity contribution in [1.29, 1.82) is 10.5 Å². The maximum absolute atomic E-state index is 8.35. The summed E-state index contributed by atoms with van der Waals surface area (Å²) in [5.74, 6) is 0. The summed E-state index contributed by atoms with van der Waals surface area (Å²) >= 11 is 0. The van der Waals surface area contributed by atoms with E-state index in [0.29, 0.717) is 0 Å². The van der Waals surface area contributed by atoms with E-state index in [0.717, 1.165) is 33.6 Å². The zero-order valence-corrected chi connectivity index (χ0v) is 29.1. The number of benzene rings is 2. The average molecular weight is 724 g/mol. The van der Waals surface area contributed by atoms with Gasteiger partial charge in [-0.15, -0.1) is 0 Å². The molecule has 0 saturated carbocycles. The second kappa shape index (κ2) is 26.2. The Bertz CT molecular complexity index is 788. The Kier molecular flexibility index (Phi) is 28.4. The third kappa shape index (κ3) is 18.5. The standard InChI is InChI=1S/2C9H9N2.2C6H15P.Pt/c2*1-7-4-3-5-8(2)9(7)11-6-10;2*1-4-7(5-2)6-3;/h2*3-5H,1-2H3;2*4-6H2,1-3H3;/q2*-1;;;+2/p+2. The fourth-order valence-electron chi connectivity index (χ4n) is 3.56. The van der Waals surface area contributed by atoms with E-state index in [1.807, 2.05) is 64.1 Å². The molecule has 0 aliphatic carbocycles. The molecule has 7 heteroatoms. The second-order valence-corrected chi connectivity index (χ2v) is 15.8. The minimum Gasteiger partial charge on any atom is -0.494 e. The third-order valence-corrected chi connectivity index (χ3v) is 12.2. The summed E-state index contributed by atoms with van der Waals surface area (Å²) in [5, 5.41) is 24.1. The Morgan fingerprint density at radius 2 is 0.757 bits per heavy atom.